The Hall–Kier alpha value is -7.59. The summed E-state index contributed by atoms with van der Waals surface area (Å²) in [6.45, 7) is 11.1. The quantitative estimate of drug-likeness (QED) is 0.0544. The van der Waals surface area contributed by atoms with E-state index >= 15 is 0 Å². The van der Waals surface area contributed by atoms with Crippen molar-refractivity contribution in [1.29, 1.82) is 10.7 Å². The molecule has 5 rings (SSSR count). The van der Waals surface area contributed by atoms with Gasteiger partial charge in [0, 0.05) is 37.2 Å². The minimum atomic E-state index is -1.46. The van der Waals surface area contributed by atoms with E-state index in [0.717, 1.165) is 16.0 Å². The Bertz CT molecular complexity index is 2550. The van der Waals surface area contributed by atoms with Crippen molar-refractivity contribution >= 4 is 35.5 Å². The van der Waals surface area contributed by atoms with Crippen molar-refractivity contribution in [3.05, 3.63) is 94.3 Å². The van der Waals surface area contributed by atoms with Crippen LogP contribution in [0.4, 0.5) is 0 Å². The molecule has 0 aliphatic carbocycles. The number of fused-ring (bicyclic) bond motifs is 5. The van der Waals surface area contributed by atoms with Crippen LogP contribution in [0.25, 0.3) is 22.5 Å². The molecular formula is C48H60N12O7. The van der Waals surface area contributed by atoms with Gasteiger partial charge in [-0.1, -0.05) is 57.2 Å². The molecule has 19 heteroatoms. The Morgan fingerprint density at radius 3 is 2.28 bits per heavy atom. The molecule has 4 bridgehead atoms. The normalized spacial score (nSPS) is 16.5. The van der Waals surface area contributed by atoms with Gasteiger partial charge in [-0.2, -0.15) is 5.26 Å². The number of carbonyl (C=O) groups excluding carboxylic acids is 5. The lowest BCUT2D eigenvalue weighted by molar-refractivity contribution is -0.141. The highest BCUT2D eigenvalue weighted by Crippen LogP contribution is 2.40. The minimum Gasteiger partial charge on any atom is -0.507 e. The average molecular weight is 917 g/mol. The maximum absolute atomic E-state index is 14.7. The fraction of sp³-hybridized carbons (Fsp3) is 0.396. The molecule has 19 nitrogen and oxygen atoms in total. The lowest BCUT2D eigenvalue weighted by Crippen LogP contribution is -2.56. The van der Waals surface area contributed by atoms with Crippen LogP contribution in [0.3, 0.4) is 0 Å². The second kappa shape index (κ2) is 21.6. The molecule has 2 heterocycles. The summed E-state index contributed by atoms with van der Waals surface area (Å²) in [6, 6.07) is 13.9. The van der Waals surface area contributed by atoms with Crippen LogP contribution in [-0.2, 0) is 31.0 Å². The van der Waals surface area contributed by atoms with Gasteiger partial charge in [-0.05, 0) is 80.1 Å². The number of phenols is 1. The zero-order valence-corrected chi connectivity index (χ0v) is 39.1. The van der Waals surface area contributed by atoms with Gasteiger partial charge < -0.3 is 52.4 Å². The number of aryl methyl sites for hydroxylation is 2. The van der Waals surface area contributed by atoms with Crippen molar-refractivity contribution in [2.75, 3.05) is 40.3 Å². The lowest BCUT2D eigenvalue weighted by atomic mass is 9.86. The highest BCUT2D eigenvalue weighted by atomic mass is 16.5. The topological polar surface area (TPSA) is 295 Å². The van der Waals surface area contributed by atoms with Gasteiger partial charge >= 0.3 is 0 Å². The van der Waals surface area contributed by atoms with Crippen molar-refractivity contribution in [1.82, 2.24) is 41.0 Å². The number of amides is 5. The number of likely N-dealkylation sites (N-methyl/N-ethyl adjacent to an activating group) is 2. The van der Waals surface area contributed by atoms with E-state index < -0.39 is 53.7 Å². The Kier molecular flexibility index (Phi) is 16.3. The zero-order chi connectivity index (χ0) is 49.3. The molecule has 67 heavy (non-hydrogen) atoms. The van der Waals surface area contributed by atoms with Crippen LogP contribution in [0.2, 0.25) is 0 Å². The van der Waals surface area contributed by atoms with Crippen LogP contribution < -0.4 is 37.5 Å². The van der Waals surface area contributed by atoms with Gasteiger partial charge in [0.1, 0.15) is 48.8 Å². The van der Waals surface area contributed by atoms with Crippen molar-refractivity contribution < 1.29 is 33.8 Å². The van der Waals surface area contributed by atoms with E-state index in [4.69, 9.17) is 26.9 Å². The van der Waals surface area contributed by atoms with Crippen LogP contribution in [0.5, 0.6) is 11.5 Å². The summed E-state index contributed by atoms with van der Waals surface area (Å²) in [6.07, 6.45) is -0.0903. The van der Waals surface area contributed by atoms with Gasteiger partial charge in [0.15, 0.2) is 11.8 Å². The first-order chi connectivity index (χ1) is 31.6. The van der Waals surface area contributed by atoms with E-state index in [9.17, 15) is 29.1 Å². The van der Waals surface area contributed by atoms with Crippen LogP contribution in [0, 0.1) is 30.6 Å². The number of hydrogen-bond acceptors (Lipinski definition) is 12. The fourth-order valence-electron chi connectivity index (χ4n) is 7.61. The third-order valence-electron chi connectivity index (χ3n) is 11.5. The molecule has 4 aromatic rings. The summed E-state index contributed by atoms with van der Waals surface area (Å²) in [5, 5.41) is 38.8. The number of benzene rings is 3. The number of ether oxygens (including phenoxy) is 1. The SMILES string of the molecule is Cc1nc(-c2ccc(C(C)(C)C)cc2)nc(C)c1C(=O)N[C@@H](CCN)C(=O)N(C)[C@@H]1C(=O)N[C@@H](C)C(=O)N[C@H](C(=O)NCC#N)Cc2ccc(O)c(c2)-c2cc1ccc2OCCN(C)C(=N)N. The number of aromatic hydroxyl groups is 1. The minimum absolute atomic E-state index is 0.0235. The van der Waals surface area contributed by atoms with Crippen LogP contribution >= 0.6 is 0 Å². The molecule has 0 spiro atoms. The monoisotopic (exact) mass is 916 g/mol. The summed E-state index contributed by atoms with van der Waals surface area (Å²) in [5.74, 6) is -3.21. The molecule has 354 valence electrons. The third-order valence-corrected chi connectivity index (χ3v) is 11.5. The number of nitrogens with one attached hydrogen (secondary N) is 5. The van der Waals surface area contributed by atoms with E-state index in [1.54, 1.807) is 51.2 Å². The van der Waals surface area contributed by atoms with E-state index in [-0.39, 0.29) is 78.6 Å². The number of nitrogens with zero attached hydrogens (tertiary/aromatic N) is 5. The largest absolute Gasteiger partial charge is 0.507 e. The molecule has 1 aliphatic rings. The molecule has 0 saturated heterocycles. The number of hydrogen-bond donors (Lipinski definition) is 8. The number of aromatic nitrogens is 2. The predicted octanol–water partition coefficient (Wildman–Crippen LogP) is 2.47. The van der Waals surface area contributed by atoms with Gasteiger partial charge in [-0.25, -0.2) is 9.97 Å². The second-order valence-corrected chi connectivity index (χ2v) is 17.5. The standard InChI is InChI=1S/C48H60N12O7/c1-26-39(27(2)55-41(54-26)30-10-13-32(14-11-30)48(4,5)6)44(64)57-35(17-18-49)46(66)60(8)40-31-12-16-38(67-22-21-59(7)47(51)52)34(25-31)33-23-29(9-15-37(33)61)24-36(43(63)53-20-19-50)58-42(62)28(3)56-45(40)65/h9-16,23,25,28,35-36,40,61H,17-18,20-22,24,49H2,1-8H3,(H3,51,52)(H,53,63)(H,56,65)(H,57,64)(H,58,62)/t28-,35-,36-,40-/m0/s1. The number of phenolic OH excluding ortho intramolecular Hbond substituents is 1. The highest BCUT2D eigenvalue weighted by Gasteiger charge is 2.36. The summed E-state index contributed by atoms with van der Waals surface area (Å²) >= 11 is 0. The molecule has 0 radical (unpaired) electrons. The maximum Gasteiger partial charge on any atom is 0.255 e. The number of rotatable bonds is 13. The first-order valence-electron chi connectivity index (χ1n) is 21.8. The van der Waals surface area contributed by atoms with E-state index in [2.05, 4.69) is 52.0 Å². The predicted molar refractivity (Wildman–Crippen MR) is 252 cm³/mol. The van der Waals surface area contributed by atoms with Gasteiger partial charge in [-0.3, -0.25) is 29.4 Å². The summed E-state index contributed by atoms with van der Waals surface area (Å²) < 4.78 is 6.18. The number of nitrogens with two attached hydrogens (primary N) is 2. The van der Waals surface area contributed by atoms with Gasteiger partial charge in [0.25, 0.3) is 5.91 Å². The fourth-order valence-corrected chi connectivity index (χ4v) is 7.61. The van der Waals surface area contributed by atoms with Crippen LogP contribution in [0.1, 0.15) is 78.6 Å². The van der Waals surface area contributed by atoms with Crippen molar-refractivity contribution in [3.8, 4) is 40.1 Å². The molecule has 4 atom stereocenters. The molecule has 0 fully saturated rings. The highest BCUT2D eigenvalue weighted by molar-refractivity contribution is 6.00. The van der Waals surface area contributed by atoms with Gasteiger partial charge in [0.05, 0.1) is 29.6 Å². The molecular weight excluding hydrogens is 857 g/mol. The lowest BCUT2D eigenvalue weighted by Gasteiger charge is -2.32. The Labute approximate surface area is 390 Å². The number of guanidine groups is 1. The van der Waals surface area contributed by atoms with Crippen molar-refractivity contribution in [2.45, 2.75) is 84.0 Å². The Morgan fingerprint density at radius 2 is 1.67 bits per heavy atom. The molecule has 0 saturated carbocycles. The van der Waals surface area contributed by atoms with Gasteiger partial charge in [-0.15, -0.1) is 0 Å². The summed E-state index contributed by atoms with van der Waals surface area (Å²) in [4.78, 5) is 82.2. The van der Waals surface area contributed by atoms with Crippen molar-refractivity contribution in [3.63, 3.8) is 0 Å². The third kappa shape index (κ3) is 12.2. The zero-order valence-electron chi connectivity index (χ0n) is 39.1. The van der Waals surface area contributed by atoms with Crippen LogP contribution in [0.15, 0.2) is 60.7 Å². The molecule has 0 unspecified atom stereocenters. The van der Waals surface area contributed by atoms with Crippen molar-refractivity contribution in [2.24, 2.45) is 11.5 Å². The Balaban J connectivity index is 1.55. The average Bonchev–Trinajstić information content (AvgIpc) is 3.27. The second-order valence-electron chi connectivity index (χ2n) is 17.5. The first kappa shape index (κ1) is 50.4. The molecule has 3 aromatic carbocycles. The van der Waals surface area contributed by atoms with E-state index in [1.807, 2.05) is 30.3 Å². The smallest absolute Gasteiger partial charge is 0.255 e. The molecule has 1 aliphatic heterocycles. The van der Waals surface area contributed by atoms with E-state index in [1.165, 1.54) is 24.9 Å². The van der Waals surface area contributed by atoms with E-state index in [0.29, 0.717) is 28.3 Å². The summed E-state index contributed by atoms with van der Waals surface area (Å²) in [5.41, 5.74) is 15.7. The first-order valence-corrected chi connectivity index (χ1v) is 21.8. The molecule has 1 aromatic heterocycles. The summed E-state index contributed by atoms with van der Waals surface area (Å²) in [7, 11) is 3.00. The molecule has 5 amide bonds. The number of carbonyl (C=O) groups is 5. The van der Waals surface area contributed by atoms with Crippen LogP contribution in [-0.4, -0.2) is 119 Å². The van der Waals surface area contributed by atoms with Gasteiger partial charge in [0.2, 0.25) is 23.6 Å². The molecule has 10 N–H and O–H groups in total. The Morgan fingerprint density at radius 1 is 1.00 bits per heavy atom. The number of nitriles is 1. The maximum atomic E-state index is 14.7.